The fourth-order valence-electron chi connectivity index (χ4n) is 3.17. The highest BCUT2D eigenvalue weighted by Crippen LogP contribution is 2.28. The molecule has 4 amide bonds. The summed E-state index contributed by atoms with van der Waals surface area (Å²) in [5.74, 6) is -1.89. The van der Waals surface area contributed by atoms with E-state index in [1.54, 1.807) is 13.8 Å². The zero-order chi connectivity index (χ0) is 23.0. The number of hydrogen-bond acceptors (Lipinski definition) is 8. The average Bonchev–Trinajstić information content (AvgIpc) is 3.35. The molecule has 2 rings (SSSR count). The minimum Gasteiger partial charge on any atom is -0.517 e. The maximum Gasteiger partial charge on any atom is 0.531 e. The molecule has 0 aromatic carbocycles. The highest BCUT2D eigenvalue weighted by atomic mass is 16.9. The van der Waals surface area contributed by atoms with E-state index in [4.69, 9.17) is 18.6 Å². The van der Waals surface area contributed by atoms with Gasteiger partial charge in [0.1, 0.15) is 0 Å². The summed E-state index contributed by atoms with van der Waals surface area (Å²) in [7, 11) is 3.04. The van der Waals surface area contributed by atoms with E-state index in [9.17, 15) is 19.2 Å². The van der Waals surface area contributed by atoms with Crippen LogP contribution in [0.25, 0.3) is 0 Å². The molecule has 0 aromatic rings. The lowest BCUT2D eigenvalue weighted by Crippen LogP contribution is -2.44. The maximum absolute atomic E-state index is 12.1. The average molecular weight is 507 g/mol. The van der Waals surface area contributed by atoms with Gasteiger partial charge in [-0.1, -0.05) is 43.6 Å². The summed E-state index contributed by atoms with van der Waals surface area (Å²) < 4.78 is 22.6. The van der Waals surface area contributed by atoms with Gasteiger partial charge in [-0.05, 0) is 0 Å². The summed E-state index contributed by atoms with van der Waals surface area (Å²) in [4.78, 5) is 46.9. The van der Waals surface area contributed by atoms with Crippen molar-refractivity contribution in [3.8, 4) is 0 Å². The lowest BCUT2D eigenvalue weighted by molar-refractivity contribution is -0.129. The lowest BCUT2D eigenvalue weighted by atomic mass is 10.1. The Balaban J connectivity index is -0.00000256. The third-order valence-corrected chi connectivity index (χ3v) is 5.13. The number of nitrogens with one attached hydrogen (secondary N) is 4. The molecule has 35 heavy (non-hydrogen) atoms. The smallest absolute Gasteiger partial charge is 0.517 e. The van der Waals surface area contributed by atoms with Gasteiger partial charge in [-0.3, -0.25) is 19.2 Å². The first kappa shape index (κ1) is 37.3. The molecule has 0 bridgehead atoms. The van der Waals surface area contributed by atoms with Crippen LogP contribution in [0.15, 0.2) is 0 Å². The topological polar surface area (TPSA) is 153 Å². The summed E-state index contributed by atoms with van der Waals surface area (Å²) in [5.41, 5.74) is 0. The van der Waals surface area contributed by atoms with E-state index in [0.717, 1.165) is 0 Å². The van der Waals surface area contributed by atoms with Crippen molar-refractivity contribution in [3.63, 3.8) is 0 Å². The second kappa shape index (κ2) is 17.3. The van der Waals surface area contributed by atoms with E-state index in [-0.39, 0.29) is 92.5 Å². The molecule has 4 atom stereocenters. The highest BCUT2D eigenvalue weighted by molar-refractivity contribution is 6.54. The standard InChI is InChI=1S/C18H32BN4O8.4CH4/c1-11(5-15(24)20-3)17(26)22-7-13-9-28-19(30-13)29-10-14(31-19)8-23-18(27)12(2)6-16(25)21-4;;;;/h11-14H,5-10H2,1-4H3,(H,20,24)(H,21,25)(H,22,26)(H,23,27);4*1H4/q-1;;;;. The Morgan fingerprint density at radius 1 is 0.743 bits per heavy atom. The van der Waals surface area contributed by atoms with E-state index >= 15 is 0 Å². The zero-order valence-electron chi connectivity index (χ0n) is 18.4. The molecule has 1 spiro atoms. The molecular weight excluding hydrogens is 459 g/mol. The van der Waals surface area contributed by atoms with Gasteiger partial charge < -0.3 is 39.9 Å². The van der Waals surface area contributed by atoms with Gasteiger partial charge in [-0.25, -0.2) is 0 Å². The molecule has 2 heterocycles. The quantitative estimate of drug-likeness (QED) is 0.313. The van der Waals surface area contributed by atoms with Gasteiger partial charge in [0.2, 0.25) is 23.6 Å². The van der Waals surface area contributed by atoms with Crippen LogP contribution >= 0.6 is 0 Å². The van der Waals surface area contributed by atoms with Crippen molar-refractivity contribution in [2.45, 2.75) is 68.6 Å². The van der Waals surface area contributed by atoms with Crippen LogP contribution in [-0.2, 0) is 37.8 Å². The van der Waals surface area contributed by atoms with E-state index in [1.807, 2.05) is 0 Å². The summed E-state index contributed by atoms with van der Waals surface area (Å²) in [6.45, 7) is 1.66. The molecule has 0 aromatic heterocycles. The second-order valence-electron chi connectivity index (χ2n) is 7.81. The first-order valence-corrected chi connectivity index (χ1v) is 10.4. The van der Waals surface area contributed by atoms with Crippen molar-refractivity contribution in [2.75, 3.05) is 40.4 Å². The van der Waals surface area contributed by atoms with Crippen LogP contribution < -0.4 is 21.3 Å². The molecular formula is C22H48BN4O8-. The molecule has 0 saturated carbocycles. The first-order valence-electron chi connectivity index (χ1n) is 10.4. The number of amides is 4. The van der Waals surface area contributed by atoms with Gasteiger partial charge in [0, 0.05) is 65.1 Å². The van der Waals surface area contributed by atoms with Crippen molar-refractivity contribution >= 4 is 30.6 Å². The van der Waals surface area contributed by atoms with Crippen molar-refractivity contribution in [1.29, 1.82) is 0 Å². The van der Waals surface area contributed by atoms with E-state index in [2.05, 4.69) is 21.3 Å². The van der Waals surface area contributed by atoms with Gasteiger partial charge in [0.05, 0.1) is 12.2 Å². The lowest BCUT2D eigenvalue weighted by Gasteiger charge is -2.29. The predicted molar refractivity (Wildman–Crippen MR) is 136 cm³/mol. The molecule has 4 unspecified atom stereocenters. The van der Waals surface area contributed by atoms with E-state index in [0.29, 0.717) is 0 Å². The third-order valence-electron chi connectivity index (χ3n) is 5.13. The molecule has 4 N–H and O–H groups in total. The largest absolute Gasteiger partial charge is 0.531 e. The van der Waals surface area contributed by atoms with Gasteiger partial charge in [0.25, 0.3) is 0 Å². The normalized spacial score (nSPS) is 23.8. The van der Waals surface area contributed by atoms with E-state index in [1.165, 1.54) is 14.1 Å². The van der Waals surface area contributed by atoms with Crippen molar-refractivity contribution in [2.24, 2.45) is 11.8 Å². The third kappa shape index (κ3) is 11.4. The molecule has 12 nitrogen and oxygen atoms in total. The van der Waals surface area contributed by atoms with Gasteiger partial charge in [0.15, 0.2) is 0 Å². The van der Waals surface area contributed by atoms with Crippen LogP contribution in [0.3, 0.4) is 0 Å². The maximum atomic E-state index is 12.1. The van der Waals surface area contributed by atoms with E-state index < -0.39 is 31.0 Å². The number of carbonyl (C=O) groups is 4. The van der Waals surface area contributed by atoms with Gasteiger partial charge in [-0.2, -0.15) is 0 Å². The fourth-order valence-corrected chi connectivity index (χ4v) is 3.17. The Bertz CT molecular complexity index is 626. The number of hydrogen-bond donors (Lipinski definition) is 4. The molecule has 2 saturated heterocycles. The molecule has 2 aliphatic rings. The van der Waals surface area contributed by atoms with Crippen LogP contribution in [0, 0.1) is 11.8 Å². The minimum atomic E-state index is -2.39. The van der Waals surface area contributed by atoms with Crippen LogP contribution in [0.5, 0.6) is 0 Å². The molecule has 13 heteroatoms. The van der Waals surface area contributed by atoms with Crippen LogP contribution in [0.1, 0.15) is 56.4 Å². The van der Waals surface area contributed by atoms with Gasteiger partial charge in [-0.15, -0.1) is 0 Å². The molecule has 208 valence electrons. The Morgan fingerprint density at radius 3 is 1.40 bits per heavy atom. The summed E-state index contributed by atoms with van der Waals surface area (Å²) in [6.07, 6.45) is -0.728. The molecule has 2 aliphatic heterocycles. The first-order chi connectivity index (χ1) is 14.7. The monoisotopic (exact) mass is 507 g/mol. The fraction of sp³-hybridized carbons (Fsp3) is 0.818. The summed E-state index contributed by atoms with van der Waals surface area (Å²) in [6, 6.07) is 0. The molecule has 0 radical (unpaired) electrons. The molecule has 2 fully saturated rings. The predicted octanol–water partition coefficient (Wildman–Crippen LogP) is 0.574. The van der Waals surface area contributed by atoms with Crippen LogP contribution in [0.2, 0.25) is 0 Å². The van der Waals surface area contributed by atoms with Crippen LogP contribution in [0.4, 0.5) is 0 Å². The Hall–Kier alpha value is -2.22. The number of carbonyl (C=O) groups excluding carboxylic acids is 4. The SMILES string of the molecule is C.C.C.C.CNC(=O)CC(C)C(=O)NCC1CO[B-]2(OCC(CNC(=O)C(C)CC(=O)NC)O2)O1. The Morgan fingerprint density at radius 2 is 1.09 bits per heavy atom. The van der Waals surface area contributed by atoms with Gasteiger partial charge >= 0.3 is 6.96 Å². The summed E-state index contributed by atoms with van der Waals surface area (Å²) >= 11 is 0. The molecule has 0 aliphatic carbocycles. The zero-order valence-corrected chi connectivity index (χ0v) is 18.4. The number of rotatable bonds is 10. The van der Waals surface area contributed by atoms with Crippen molar-refractivity contribution < 1.29 is 37.8 Å². The highest BCUT2D eigenvalue weighted by Gasteiger charge is 2.46. The second-order valence-corrected chi connectivity index (χ2v) is 7.81. The Kier molecular flexibility index (Phi) is 18.4. The summed E-state index contributed by atoms with van der Waals surface area (Å²) in [5, 5.41) is 10.4. The van der Waals surface area contributed by atoms with Crippen molar-refractivity contribution in [3.05, 3.63) is 0 Å². The Labute approximate surface area is 211 Å². The van der Waals surface area contributed by atoms with Crippen molar-refractivity contribution in [1.82, 2.24) is 21.3 Å². The van der Waals surface area contributed by atoms with Crippen LogP contribution in [-0.4, -0.2) is 83.2 Å². The minimum absolute atomic E-state index is 0.